The number of fused-ring (bicyclic) bond motifs is 1. The second kappa shape index (κ2) is 9.75. The van der Waals surface area contributed by atoms with E-state index in [0.717, 1.165) is 28.8 Å². The summed E-state index contributed by atoms with van der Waals surface area (Å²) in [5.74, 6) is 0.891. The summed E-state index contributed by atoms with van der Waals surface area (Å²) >= 11 is 0. The van der Waals surface area contributed by atoms with Crippen molar-refractivity contribution in [3.63, 3.8) is 0 Å². The number of amides is 2. The molecule has 1 saturated heterocycles. The summed E-state index contributed by atoms with van der Waals surface area (Å²) in [6.45, 7) is 5.19. The Labute approximate surface area is 182 Å². The van der Waals surface area contributed by atoms with Crippen LogP contribution in [0.2, 0.25) is 0 Å². The number of aromatic nitrogens is 2. The SMILES string of the molecule is Cc1ccccc1C(=O)NCCCc1nc2ccccc2n1CC(=O)N1CCOCC1. The first-order valence-corrected chi connectivity index (χ1v) is 10.8. The van der Waals surface area contributed by atoms with E-state index in [9.17, 15) is 9.59 Å². The topological polar surface area (TPSA) is 76.5 Å². The molecule has 1 aliphatic heterocycles. The van der Waals surface area contributed by atoms with Gasteiger partial charge in [0.15, 0.2) is 0 Å². The van der Waals surface area contributed by atoms with Crippen molar-refractivity contribution < 1.29 is 14.3 Å². The molecule has 0 unspecified atom stereocenters. The van der Waals surface area contributed by atoms with E-state index < -0.39 is 0 Å². The zero-order valence-electron chi connectivity index (χ0n) is 17.8. The molecule has 3 aromatic rings. The zero-order chi connectivity index (χ0) is 21.6. The molecule has 2 aromatic carbocycles. The molecule has 31 heavy (non-hydrogen) atoms. The highest BCUT2D eigenvalue weighted by molar-refractivity contribution is 5.95. The zero-order valence-corrected chi connectivity index (χ0v) is 17.8. The summed E-state index contributed by atoms with van der Waals surface area (Å²) in [6, 6.07) is 15.4. The predicted octanol–water partition coefficient (Wildman–Crippen LogP) is 2.57. The van der Waals surface area contributed by atoms with Gasteiger partial charge in [0.1, 0.15) is 12.4 Å². The molecule has 7 nitrogen and oxygen atoms in total. The third kappa shape index (κ3) is 4.94. The summed E-state index contributed by atoms with van der Waals surface area (Å²) in [4.78, 5) is 31.9. The van der Waals surface area contributed by atoms with E-state index in [1.807, 2.05) is 64.9 Å². The number of carbonyl (C=O) groups is 2. The Morgan fingerprint density at radius 3 is 2.61 bits per heavy atom. The minimum absolute atomic E-state index is 0.0610. The Morgan fingerprint density at radius 1 is 1.06 bits per heavy atom. The lowest BCUT2D eigenvalue weighted by Gasteiger charge is -2.27. The number of nitrogens with one attached hydrogen (secondary N) is 1. The first-order chi connectivity index (χ1) is 15.1. The number of benzene rings is 2. The maximum atomic E-state index is 12.8. The molecule has 2 amide bonds. The number of ether oxygens (including phenoxy) is 1. The predicted molar refractivity (Wildman–Crippen MR) is 119 cm³/mol. The minimum Gasteiger partial charge on any atom is -0.378 e. The van der Waals surface area contributed by atoms with E-state index in [1.54, 1.807) is 0 Å². The van der Waals surface area contributed by atoms with E-state index in [1.165, 1.54) is 0 Å². The second-order valence-electron chi connectivity index (χ2n) is 7.77. The number of nitrogens with zero attached hydrogens (tertiary/aromatic N) is 3. The fraction of sp³-hybridized carbons (Fsp3) is 0.375. The number of imidazole rings is 1. The van der Waals surface area contributed by atoms with Crippen LogP contribution in [-0.4, -0.2) is 59.1 Å². The van der Waals surface area contributed by atoms with Crippen molar-refractivity contribution in [2.75, 3.05) is 32.8 Å². The molecule has 2 heterocycles. The number of hydrogen-bond donors (Lipinski definition) is 1. The Balaban J connectivity index is 1.41. The summed E-state index contributed by atoms with van der Waals surface area (Å²) in [5.41, 5.74) is 3.51. The average Bonchev–Trinajstić information content (AvgIpc) is 3.14. The average molecular weight is 421 g/mol. The van der Waals surface area contributed by atoms with Gasteiger partial charge < -0.3 is 19.5 Å². The third-order valence-corrected chi connectivity index (χ3v) is 5.64. The lowest BCUT2D eigenvalue weighted by atomic mass is 10.1. The fourth-order valence-corrected chi connectivity index (χ4v) is 3.91. The van der Waals surface area contributed by atoms with Crippen LogP contribution in [0.5, 0.6) is 0 Å². The molecule has 4 rings (SSSR count). The maximum Gasteiger partial charge on any atom is 0.251 e. The van der Waals surface area contributed by atoms with Gasteiger partial charge in [-0.3, -0.25) is 9.59 Å². The number of carbonyl (C=O) groups excluding carboxylic acids is 2. The standard InChI is InChI=1S/C24H28N4O3/c1-18-7-2-3-8-19(18)24(30)25-12-6-11-22-26-20-9-4-5-10-21(20)28(22)17-23(29)27-13-15-31-16-14-27/h2-5,7-10H,6,11-17H2,1H3,(H,25,30). The van der Waals surface area contributed by atoms with Crippen LogP contribution >= 0.6 is 0 Å². The molecule has 0 atom stereocenters. The molecular weight excluding hydrogens is 392 g/mol. The molecule has 0 bridgehead atoms. The number of para-hydroxylation sites is 2. The van der Waals surface area contributed by atoms with Crippen LogP contribution in [0.4, 0.5) is 0 Å². The normalized spacial score (nSPS) is 14.0. The first-order valence-electron chi connectivity index (χ1n) is 10.8. The highest BCUT2D eigenvalue weighted by atomic mass is 16.5. The molecule has 0 radical (unpaired) electrons. The molecule has 0 aliphatic carbocycles. The largest absolute Gasteiger partial charge is 0.378 e. The number of morpholine rings is 1. The molecule has 1 aliphatic rings. The van der Waals surface area contributed by atoms with Crippen LogP contribution in [-0.2, 0) is 22.5 Å². The molecule has 1 fully saturated rings. The van der Waals surface area contributed by atoms with Gasteiger partial charge in [-0.25, -0.2) is 4.98 Å². The molecular formula is C24H28N4O3. The Bertz CT molecular complexity index is 1070. The van der Waals surface area contributed by atoms with Crippen molar-refractivity contribution in [2.24, 2.45) is 0 Å². The summed E-state index contributed by atoms with van der Waals surface area (Å²) < 4.78 is 7.37. The fourth-order valence-electron chi connectivity index (χ4n) is 3.91. The van der Waals surface area contributed by atoms with Gasteiger partial charge in [-0.05, 0) is 37.1 Å². The van der Waals surface area contributed by atoms with Gasteiger partial charge in [0, 0.05) is 31.6 Å². The summed E-state index contributed by atoms with van der Waals surface area (Å²) in [7, 11) is 0. The van der Waals surface area contributed by atoms with Crippen molar-refractivity contribution in [3.8, 4) is 0 Å². The van der Waals surface area contributed by atoms with Crippen LogP contribution in [0.15, 0.2) is 48.5 Å². The van der Waals surface area contributed by atoms with Crippen LogP contribution in [0.1, 0.15) is 28.2 Å². The first kappa shape index (κ1) is 21.1. The minimum atomic E-state index is -0.0610. The summed E-state index contributed by atoms with van der Waals surface area (Å²) in [6.07, 6.45) is 1.42. The van der Waals surface area contributed by atoms with Crippen molar-refractivity contribution >= 4 is 22.8 Å². The highest BCUT2D eigenvalue weighted by Gasteiger charge is 2.20. The molecule has 0 saturated carbocycles. The number of rotatable bonds is 7. The van der Waals surface area contributed by atoms with Gasteiger partial charge in [-0.2, -0.15) is 0 Å². The molecule has 0 spiro atoms. The van der Waals surface area contributed by atoms with E-state index in [2.05, 4.69) is 5.32 Å². The monoisotopic (exact) mass is 420 g/mol. The summed E-state index contributed by atoms with van der Waals surface area (Å²) in [5, 5.41) is 2.99. The van der Waals surface area contributed by atoms with E-state index in [4.69, 9.17) is 9.72 Å². The molecule has 1 aromatic heterocycles. The van der Waals surface area contributed by atoms with Gasteiger partial charge in [0.25, 0.3) is 5.91 Å². The van der Waals surface area contributed by atoms with Crippen molar-refractivity contribution in [3.05, 3.63) is 65.5 Å². The Hall–Kier alpha value is -3.19. The Kier molecular flexibility index (Phi) is 6.62. The lowest BCUT2D eigenvalue weighted by Crippen LogP contribution is -2.42. The van der Waals surface area contributed by atoms with Crippen LogP contribution in [0.3, 0.4) is 0 Å². The van der Waals surface area contributed by atoms with E-state index >= 15 is 0 Å². The van der Waals surface area contributed by atoms with Crippen molar-refractivity contribution in [1.82, 2.24) is 19.8 Å². The smallest absolute Gasteiger partial charge is 0.251 e. The van der Waals surface area contributed by atoms with Crippen LogP contribution in [0, 0.1) is 6.92 Å². The maximum absolute atomic E-state index is 12.8. The number of hydrogen-bond acceptors (Lipinski definition) is 4. The molecule has 1 N–H and O–H groups in total. The van der Waals surface area contributed by atoms with Gasteiger partial charge >= 0.3 is 0 Å². The van der Waals surface area contributed by atoms with Gasteiger partial charge in [-0.15, -0.1) is 0 Å². The van der Waals surface area contributed by atoms with Crippen molar-refractivity contribution in [2.45, 2.75) is 26.3 Å². The van der Waals surface area contributed by atoms with Gasteiger partial charge in [0.2, 0.25) is 5.91 Å². The third-order valence-electron chi connectivity index (χ3n) is 5.64. The van der Waals surface area contributed by atoms with E-state index in [-0.39, 0.29) is 18.4 Å². The highest BCUT2D eigenvalue weighted by Crippen LogP contribution is 2.18. The number of aryl methyl sites for hydroxylation is 2. The van der Waals surface area contributed by atoms with Crippen LogP contribution < -0.4 is 5.32 Å². The van der Waals surface area contributed by atoms with E-state index in [0.29, 0.717) is 44.8 Å². The van der Waals surface area contributed by atoms with Crippen molar-refractivity contribution in [1.29, 1.82) is 0 Å². The Morgan fingerprint density at radius 2 is 1.81 bits per heavy atom. The van der Waals surface area contributed by atoms with Gasteiger partial charge in [-0.1, -0.05) is 30.3 Å². The lowest BCUT2D eigenvalue weighted by molar-refractivity contribution is -0.135. The van der Waals surface area contributed by atoms with Gasteiger partial charge in [0.05, 0.1) is 24.2 Å². The second-order valence-corrected chi connectivity index (χ2v) is 7.77. The van der Waals surface area contributed by atoms with Crippen LogP contribution in [0.25, 0.3) is 11.0 Å². The molecule has 162 valence electrons. The quantitative estimate of drug-likeness (QED) is 0.596. The molecule has 7 heteroatoms.